The molecule has 1 aromatic rings. The highest BCUT2D eigenvalue weighted by Crippen LogP contribution is 2.24. The van der Waals surface area contributed by atoms with Gasteiger partial charge in [0.25, 0.3) is 0 Å². The van der Waals surface area contributed by atoms with E-state index < -0.39 is 0 Å². The smallest absolute Gasteiger partial charge is 0.230 e. The van der Waals surface area contributed by atoms with Gasteiger partial charge < -0.3 is 15.1 Å². The maximum atomic E-state index is 12.0. The molecule has 1 fully saturated rings. The number of amides is 2. The molecule has 0 aromatic carbocycles. The maximum absolute atomic E-state index is 12.0. The standard InChI is InChI=1S/C18H28ClN5O2S/c1-4-6-7-20-16(25)12-27-18-21-14(19)10-15(22-18)23-8-9-24(13(3)11-23)17(26)5-2/h10,13H,4-9,11-12H2,1-3H3,(H,20,25). The lowest BCUT2D eigenvalue weighted by molar-refractivity contribution is -0.133. The molecule has 0 saturated carbocycles. The first-order valence-corrected chi connectivity index (χ1v) is 10.8. The second kappa shape index (κ2) is 10.7. The summed E-state index contributed by atoms with van der Waals surface area (Å²) < 4.78 is 0. The molecule has 1 unspecified atom stereocenters. The molecule has 2 heterocycles. The number of thioether (sulfide) groups is 1. The Balaban J connectivity index is 1.97. The van der Waals surface area contributed by atoms with E-state index in [1.54, 1.807) is 6.07 Å². The molecule has 1 aliphatic heterocycles. The SMILES string of the molecule is CCCCNC(=O)CSc1nc(Cl)cc(N2CCN(C(=O)CC)C(C)C2)n1. The fraction of sp³-hybridized carbons (Fsp3) is 0.667. The molecule has 2 rings (SSSR count). The molecule has 1 atom stereocenters. The molecule has 1 saturated heterocycles. The number of carbonyl (C=O) groups excluding carboxylic acids is 2. The summed E-state index contributed by atoms with van der Waals surface area (Å²) in [5.74, 6) is 1.14. The van der Waals surface area contributed by atoms with Crippen molar-refractivity contribution in [3.63, 3.8) is 0 Å². The van der Waals surface area contributed by atoms with Crippen LogP contribution in [0.25, 0.3) is 0 Å². The third-order valence-electron chi connectivity index (χ3n) is 4.42. The minimum absolute atomic E-state index is 0.0288. The third kappa shape index (κ3) is 6.53. The Labute approximate surface area is 170 Å². The van der Waals surface area contributed by atoms with Crippen LogP contribution in [0.15, 0.2) is 11.2 Å². The van der Waals surface area contributed by atoms with E-state index in [9.17, 15) is 9.59 Å². The molecule has 1 aromatic heterocycles. The third-order valence-corrected chi connectivity index (χ3v) is 5.46. The lowest BCUT2D eigenvalue weighted by atomic mass is 10.1. The van der Waals surface area contributed by atoms with Crippen LogP contribution >= 0.6 is 23.4 Å². The van der Waals surface area contributed by atoms with Crippen molar-refractivity contribution >= 4 is 41.0 Å². The molecule has 27 heavy (non-hydrogen) atoms. The minimum Gasteiger partial charge on any atom is -0.355 e. The molecule has 7 nitrogen and oxygen atoms in total. The highest BCUT2D eigenvalue weighted by molar-refractivity contribution is 7.99. The minimum atomic E-state index is -0.0288. The molecule has 0 spiro atoms. The Bertz CT molecular complexity index is 661. The van der Waals surface area contributed by atoms with Crippen LogP contribution in [0.3, 0.4) is 0 Å². The monoisotopic (exact) mass is 413 g/mol. The number of piperazine rings is 1. The lowest BCUT2D eigenvalue weighted by Gasteiger charge is -2.40. The number of carbonyl (C=O) groups is 2. The van der Waals surface area contributed by atoms with Gasteiger partial charge in [-0.25, -0.2) is 9.97 Å². The van der Waals surface area contributed by atoms with Gasteiger partial charge in [0.2, 0.25) is 11.8 Å². The number of hydrogen-bond donors (Lipinski definition) is 1. The number of aromatic nitrogens is 2. The number of rotatable bonds is 8. The molecule has 0 radical (unpaired) electrons. The van der Waals surface area contributed by atoms with E-state index in [-0.39, 0.29) is 23.6 Å². The molecule has 1 N–H and O–H groups in total. The van der Waals surface area contributed by atoms with Crippen LogP contribution in [-0.2, 0) is 9.59 Å². The van der Waals surface area contributed by atoms with Crippen molar-refractivity contribution < 1.29 is 9.59 Å². The van der Waals surface area contributed by atoms with Gasteiger partial charge in [-0.3, -0.25) is 9.59 Å². The fourth-order valence-electron chi connectivity index (χ4n) is 2.94. The second-order valence-corrected chi connectivity index (χ2v) is 7.89. The number of anilines is 1. The summed E-state index contributed by atoms with van der Waals surface area (Å²) in [6.07, 6.45) is 2.54. The van der Waals surface area contributed by atoms with Crippen molar-refractivity contribution in [2.75, 3.05) is 36.8 Å². The predicted molar refractivity (Wildman–Crippen MR) is 109 cm³/mol. The molecule has 1 aliphatic rings. The number of hydrogen-bond acceptors (Lipinski definition) is 6. The molecule has 9 heteroatoms. The number of nitrogens with one attached hydrogen (secondary N) is 1. The van der Waals surface area contributed by atoms with E-state index in [2.05, 4.69) is 27.1 Å². The molecule has 150 valence electrons. The van der Waals surface area contributed by atoms with Crippen molar-refractivity contribution in [2.45, 2.75) is 51.2 Å². The van der Waals surface area contributed by atoms with Crippen LogP contribution in [0.1, 0.15) is 40.0 Å². The average molecular weight is 414 g/mol. The average Bonchev–Trinajstić information content (AvgIpc) is 2.65. The van der Waals surface area contributed by atoms with E-state index in [1.165, 1.54) is 11.8 Å². The lowest BCUT2D eigenvalue weighted by Crippen LogP contribution is -2.54. The van der Waals surface area contributed by atoms with Crippen molar-refractivity contribution in [3.05, 3.63) is 11.2 Å². The Kier molecular flexibility index (Phi) is 8.63. The van der Waals surface area contributed by atoms with E-state index in [4.69, 9.17) is 11.6 Å². The van der Waals surface area contributed by atoms with Crippen LogP contribution in [0.2, 0.25) is 5.15 Å². The Morgan fingerprint density at radius 2 is 2.11 bits per heavy atom. The van der Waals surface area contributed by atoms with Gasteiger partial charge in [0, 0.05) is 44.7 Å². The summed E-state index contributed by atoms with van der Waals surface area (Å²) in [4.78, 5) is 36.7. The zero-order chi connectivity index (χ0) is 19.8. The quantitative estimate of drug-likeness (QED) is 0.305. The van der Waals surface area contributed by atoms with E-state index in [0.29, 0.717) is 42.9 Å². The van der Waals surface area contributed by atoms with Crippen LogP contribution in [0.5, 0.6) is 0 Å². The van der Waals surface area contributed by atoms with Crippen molar-refractivity contribution in [1.29, 1.82) is 0 Å². The van der Waals surface area contributed by atoms with Crippen molar-refractivity contribution in [3.8, 4) is 0 Å². The second-order valence-electron chi connectivity index (χ2n) is 6.56. The van der Waals surface area contributed by atoms with E-state index in [1.807, 2.05) is 18.7 Å². The Morgan fingerprint density at radius 1 is 1.33 bits per heavy atom. The largest absolute Gasteiger partial charge is 0.355 e. The van der Waals surface area contributed by atoms with E-state index in [0.717, 1.165) is 18.7 Å². The normalized spacial score (nSPS) is 17.1. The first-order chi connectivity index (χ1) is 12.9. The van der Waals surface area contributed by atoms with Crippen molar-refractivity contribution in [1.82, 2.24) is 20.2 Å². The van der Waals surface area contributed by atoms with Crippen LogP contribution in [-0.4, -0.2) is 64.7 Å². The molecule has 2 amide bonds. The van der Waals surface area contributed by atoms with Gasteiger partial charge in [0.1, 0.15) is 11.0 Å². The summed E-state index contributed by atoms with van der Waals surface area (Å²) in [5, 5.41) is 3.72. The zero-order valence-electron chi connectivity index (χ0n) is 16.2. The molecule has 0 bridgehead atoms. The van der Waals surface area contributed by atoms with Crippen LogP contribution in [0, 0.1) is 0 Å². The van der Waals surface area contributed by atoms with Gasteiger partial charge in [-0.2, -0.15) is 0 Å². The summed E-state index contributed by atoms with van der Waals surface area (Å²) >= 11 is 7.45. The van der Waals surface area contributed by atoms with Gasteiger partial charge in [-0.1, -0.05) is 43.6 Å². The fourth-order valence-corrected chi connectivity index (χ4v) is 3.85. The summed E-state index contributed by atoms with van der Waals surface area (Å²) in [6, 6.07) is 1.84. The van der Waals surface area contributed by atoms with E-state index >= 15 is 0 Å². The highest BCUT2D eigenvalue weighted by Gasteiger charge is 2.27. The summed E-state index contributed by atoms with van der Waals surface area (Å²) in [6.45, 7) is 8.76. The highest BCUT2D eigenvalue weighted by atomic mass is 35.5. The van der Waals surface area contributed by atoms with Gasteiger partial charge in [-0.15, -0.1) is 0 Å². The summed E-state index contributed by atoms with van der Waals surface area (Å²) in [7, 11) is 0. The van der Waals surface area contributed by atoms with Crippen LogP contribution < -0.4 is 10.2 Å². The molecular weight excluding hydrogens is 386 g/mol. The van der Waals surface area contributed by atoms with Gasteiger partial charge in [0.05, 0.1) is 5.75 Å². The number of nitrogens with zero attached hydrogens (tertiary/aromatic N) is 4. The number of unbranched alkanes of at least 4 members (excludes halogenated alkanes) is 1. The zero-order valence-corrected chi connectivity index (χ0v) is 17.8. The Hall–Kier alpha value is -1.54. The van der Waals surface area contributed by atoms with Gasteiger partial charge >= 0.3 is 0 Å². The molecule has 0 aliphatic carbocycles. The Morgan fingerprint density at radius 3 is 2.78 bits per heavy atom. The topological polar surface area (TPSA) is 78.4 Å². The first-order valence-electron chi connectivity index (χ1n) is 9.43. The summed E-state index contributed by atoms with van der Waals surface area (Å²) in [5.41, 5.74) is 0. The van der Waals surface area contributed by atoms with Gasteiger partial charge in [-0.05, 0) is 13.3 Å². The predicted octanol–water partition coefficient (Wildman–Crippen LogP) is 2.59. The van der Waals surface area contributed by atoms with Crippen LogP contribution in [0.4, 0.5) is 5.82 Å². The van der Waals surface area contributed by atoms with Crippen molar-refractivity contribution in [2.24, 2.45) is 0 Å². The molecular formula is C18H28ClN5O2S. The number of halogens is 1. The maximum Gasteiger partial charge on any atom is 0.230 e. The van der Waals surface area contributed by atoms with Gasteiger partial charge in [0.15, 0.2) is 5.16 Å². The first kappa shape index (κ1) is 21.8.